The van der Waals surface area contributed by atoms with Crippen LogP contribution >= 0.6 is 11.3 Å². The Morgan fingerprint density at radius 1 is 0.898 bits per heavy atom. The molecule has 0 bridgehead atoms. The van der Waals surface area contributed by atoms with Gasteiger partial charge in [0.15, 0.2) is 10.9 Å². The molecule has 0 aliphatic heterocycles. The SMILES string of the molecule is Cc1cc(N(c2nc3ccccc3s2)c2c(C)cc(C)c(C)c2C)ncc1N=Nc1c(C#N)c(C(C)(C)C)nn1C1=Cc2ccccc2C1. The van der Waals surface area contributed by atoms with Gasteiger partial charge in [0.1, 0.15) is 23.1 Å². The molecule has 0 atom stereocenters. The number of aromatic nitrogens is 4. The van der Waals surface area contributed by atoms with E-state index in [4.69, 9.17) is 25.3 Å². The van der Waals surface area contributed by atoms with E-state index in [2.05, 4.69) is 89.8 Å². The van der Waals surface area contributed by atoms with Gasteiger partial charge in [-0.25, -0.2) is 14.6 Å². The number of aryl methyl sites for hydroxylation is 3. The number of hydrogen-bond acceptors (Lipinski definition) is 8. The number of fused-ring (bicyclic) bond motifs is 2. The van der Waals surface area contributed by atoms with Crippen molar-refractivity contribution in [2.75, 3.05) is 4.90 Å². The van der Waals surface area contributed by atoms with Gasteiger partial charge in [-0.3, -0.25) is 4.90 Å². The lowest BCUT2D eigenvalue weighted by Crippen LogP contribution is -2.15. The average molecular weight is 663 g/mol. The maximum atomic E-state index is 10.3. The van der Waals surface area contributed by atoms with E-state index in [0.29, 0.717) is 29.2 Å². The Balaban J connectivity index is 1.32. The van der Waals surface area contributed by atoms with E-state index in [1.54, 1.807) is 22.2 Å². The van der Waals surface area contributed by atoms with Crippen molar-refractivity contribution in [2.45, 2.75) is 67.2 Å². The number of anilines is 3. The van der Waals surface area contributed by atoms with Crippen molar-refractivity contribution in [1.29, 1.82) is 5.26 Å². The first-order valence-electron chi connectivity index (χ1n) is 16.4. The van der Waals surface area contributed by atoms with Crippen LogP contribution in [0.3, 0.4) is 0 Å². The van der Waals surface area contributed by atoms with Crippen molar-refractivity contribution in [3.05, 3.63) is 117 Å². The molecule has 0 fully saturated rings. The van der Waals surface area contributed by atoms with Crippen LogP contribution < -0.4 is 4.90 Å². The highest BCUT2D eigenvalue weighted by atomic mass is 32.1. The summed E-state index contributed by atoms with van der Waals surface area (Å²) in [6.07, 6.45) is 4.56. The molecule has 49 heavy (non-hydrogen) atoms. The monoisotopic (exact) mass is 662 g/mol. The van der Waals surface area contributed by atoms with Gasteiger partial charge in [0.25, 0.3) is 0 Å². The summed E-state index contributed by atoms with van der Waals surface area (Å²) in [6, 6.07) is 23.1. The molecule has 3 aromatic carbocycles. The molecule has 0 unspecified atom stereocenters. The number of pyridine rings is 1. The number of hydrogen-bond donors (Lipinski definition) is 0. The Labute approximate surface area is 291 Å². The van der Waals surface area contributed by atoms with Gasteiger partial charge in [-0.05, 0) is 97.8 Å². The number of thiazole rings is 1. The van der Waals surface area contributed by atoms with E-state index in [9.17, 15) is 5.26 Å². The van der Waals surface area contributed by atoms with E-state index in [0.717, 1.165) is 49.2 Å². The molecule has 0 radical (unpaired) electrons. The van der Waals surface area contributed by atoms with Crippen LogP contribution in [0.25, 0.3) is 22.0 Å². The lowest BCUT2D eigenvalue weighted by atomic mass is 9.90. The maximum Gasteiger partial charge on any atom is 0.196 e. The summed E-state index contributed by atoms with van der Waals surface area (Å²) in [5, 5.41) is 25.6. The highest BCUT2D eigenvalue weighted by molar-refractivity contribution is 7.22. The number of nitrogens with zero attached hydrogens (tertiary/aromatic N) is 8. The van der Waals surface area contributed by atoms with Crippen molar-refractivity contribution < 1.29 is 0 Å². The summed E-state index contributed by atoms with van der Waals surface area (Å²) in [4.78, 5) is 12.2. The maximum absolute atomic E-state index is 10.3. The van der Waals surface area contributed by atoms with E-state index < -0.39 is 0 Å². The van der Waals surface area contributed by atoms with Gasteiger partial charge in [-0.15, -0.1) is 10.2 Å². The van der Waals surface area contributed by atoms with Gasteiger partial charge >= 0.3 is 0 Å². The summed E-state index contributed by atoms with van der Waals surface area (Å²) in [5.74, 6) is 1.17. The summed E-state index contributed by atoms with van der Waals surface area (Å²) in [5.41, 5.74) is 12.5. The molecule has 0 amide bonds. The van der Waals surface area contributed by atoms with Gasteiger partial charge in [0, 0.05) is 17.5 Å². The Hall–Kier alpha value is -5.46. The molecule has 0 N–H and O–H groups in total. The van der Waals surface area contributed by atoms with Crippen molar-refractivity contribution in [3.63, 3.8) is 0 Å². The normalized spacial score (nSPS) is 12.8. The van der Waals surface area contributed by atoms with Crippen LogP contribution in [-0.4, -0.2) is 19.7 Å². The molecule has 1 aliphatic carbocycles. The molecule has 244 valence electrons. The highest BCUT2D eigenvalue weighted by Crippen LogP contribution is 2.44. The van der Waals surface area contributed by atoms with Crippen LogP contribution in [0.2, 0.25) is 0 Å². The van der Waals surface area contributed by atoms with E-state index in [1.165, 1.54) is 22.3 Å². The summed E-state index contributed by atoms with van der Waals surface area (Å²) in [7, 11) is 0. The zero-order valence-corrected chi connectivity index (χ0v) is 29.9. The average Bonchev–Trinajstić information content (AvgIpc) is 3.79. The lowest BCUT2D eigenvalue weighted by Gasteiger charge is -2.27. The molecule has 0 saturated carbocycles. The Morgan fingerprint density at radius 3 is 2.37 bits per heavy atom. The third-order valence-corrected chi connectivity index (χ3v) is 10.3. The molecule has 9 heteroatoms. The molecule has 8 nitrogen and oxygen atoms in total. The topological polar surface area (TPSA) is 95.3 Å². The standard InChI is InChI=1S/C40H38N8S/c1-23-17-25(3)36(27(5)26(23)4)47(39-43-32-15-11-12-16-34(32)49-39)35-18-24(2)33(22-42-35)44-45-38-31(21-41)37(40(6,7)8)46-48(38)30-19-28-13-9-10-14-29(28)20-30/h9-19,22H,20H2,1-8H3. The first kappa shape index (κ1) is 32.1. The van der Waals surface area contributed by atoms with Crippen molar-refractivity contribution in [2.24, 2.45) is 10.2 Å². The number of azo groups is 1. The van der Waals surface area contributed by atoms with Crippen LogP contribution in [0.4, 0.5) is 28.1 Å². The number of rotatable bonds is 6. The second kappa shape index (κ2) is 12.2. The quantitative estimate of drug-likeness (QED) is 0.165. The zero-order valence-electron chi connectivity index (χ0n) is 29.1. The van der Waals surface area contributed by atoms with Crippen LogP contribution in [0.15, 0.2) is 77.1 Å². The molecule has 3 aromatic heterocycles. The minimum absolute atomic E-state index is 0.361. The Bertz CT molecular complexity index is 2350. The Kier molecular flexibility index (Phi) is 8.00. The predicted molar refractivity (Wildman–Crippen MR) is 200 cm³/mol. The van der Waals surface area contributed by atoms with Gasteiger partial charge in [0.2, 0.25) is 0 Å². The van der Waals surface area contributed by atoms with Crippen molar-refractivity contribution in [1.82, 2.24) is 19.7 Å². The number of benzene rings is 3. The summed E-state index contributed by atoms with van der Waals surface area (Å²) in [6.45, 7) is 16.8. The van der Waals surface area contributed by atoms with E-state index in [-0.39, 0.29) is 5.41 Å². The lowest BCUT2D eigenvalue weighted by molar-refractivity contribution is 0.559. The zero-order chi connectivity index (χ0) is 34.6. The van der Waals surface area contributed by atoms with Crippen molar-refractivity contribution >= 4 is 61.5 Å². The molecule has 6 aromatic rings. The molecule has 3 heterocycles. The third kappa shape index (κ3) is 5.72. The summed E-state index contributed by atoms with van der Waals surface area (Å²) >= 11 is 1.64. The second-order valence-electron chi connectivity index (χ2n) is 13.8. The fraction of sp³-hybridized carbons (Fsp3) is 0.250. The molecule has 0 saturated heterocycles. The number of allylic oxidation sites excluding steroid dienone is 1. The van der Waals surface area contributed by atoms with Gasteiger partial charge in [-0.1, -0.05) is 74.6 Å². The largest absolute Gasteiger partial charge is 0.270 e. The third-order valence-electron chi connectivity index (χ3n) is 9.27. The first-order chi connectivity index (χ1) is 23.4. The first-order valence-corrected chi connectivity index (χ1v) is 17.2. The smallest absolute Gasteiger partial charge is 0.196 e. The fourth-order valence-corrected chi connectivity index (χ4v) is 7.45. The van der Waals surface area contributed by atoms with Crippen LogP contribution in [-0.2, 0) is 11.8 Å². The van der Waals surface area contributed by atoms with E-state index in [1.807, 2.05) is 43.3 Å². The van der Waals surface area contributed by atoms with Crippen molar-refractivity contribution in [3.8, 4) is 6.07 Å². The minimum Gasteiger partial charge on any atom is -0.270 e. The number of nitriles is 1. The second-order valence-corrected chi connectivity index (χ2v) is 14.8. The fourth-order valence-electron chi connectivity index (χ4n) is 6.47. The predicted octanol–water partition coefficient (Wildman–Crippen LogP) is 11.0. The molecular weight excluding hydrogens is 625 g/mol. The van der Waals surface area contributed by atoms with E-state index >= 15 is 0 Å². The van der Waals surface area contributed by atoms with Gasteiger partial charge in [0.05, 0.1) is 27.8 Å². The molecule has 1 aliphatic rings. The van der Waals surface area contributed by atoms with Crippen LogP contribution in [0.5, 0.6) is 0 Å². The number of para-hydroxylation sites is 1. The molecule has 0 spiro atoms. The Morgan fingerprint density at radius 2 is 1.65 bits per heavy atom. The molecule has 7 rings (SSSR count). The van der Waals surface area contributed by atoms with Gasteiger partial charge < -0.3 is 0 Å². The highest BCUT2D eigenvalue weighted by Gasteiger charge is 2.30. The molecular formula is C40H38N8S. The van der Waals surface area contributed by atoms with Crippen LogP contribution in [0.1, 0.15) is 71.0 Å². The minimum atomic E-state index is -0.361. The summed E-state index contributed by atoms with van der Waals surface area (Å²) < 4.78 is 2.91. The van der Waals surface area contributed by atoms with Crippen LogP contribution in [0, 0.1) is 45.9 Å². The van der Waals surface area contributed by atoms with Gasteiger partial charge in [-0.2, -0.15) is 10.4 Å².